The van der Waals surface area contributed by atoms with Gasteiger partial charge in [0.15, 0.2) is 0 Å². The highest BCUT2D eigenvalue weighted by molar-refractivity contribution is 7.17. The van der Waals surface area contributed by atoms with Crippen LogP contribution in [0.3, 0.4) is 0 Å². The van der Waals surface area contributed by atoms with E-state index >= 15 is 0 Å². The highest BCUT2D eigenvalue weighted by Crippen LogP contribution is 2.26. The van der Waals surface area contributed by atoms with Gasteiger partial charge in [0.2, 0.25) is 0 Å². The van der Waals surface area contributed by atoms with Gasteiger partial charge in [0.25, 0.3) is 5.91 Å². The first kappa shape index (κ1) is 12.8. The third kappa shape index (κ3) is 2.30. The van der Waals surface area contributed by atoms with Crippen molar-refractivity contribution >= 4 is 33.0 Å². The minimum absolute atomic E-state index is 0.169. The Hall–Kier alpha value is -2.20. The van der Waals surface area contributed by atoms with Crippen molar-refractivity contribution in [2.75, 3.05) is 5.32 Å². The number of thiophene rings is 1. The van der Waals surface area contributed by atoms with Crippen LogP contribution in [0.1, 0.15) is 15.9 Å². The molecule has 0 aliphatic rings. The Morgan fingerprint density at radius 2 is 2.00 bits per heavy atom. The summed E-state index contributed by atoms with van der Waals surface area (Å²) in [5.41, 5.74) is 1.99. The van der Waals surface area contributed by atoms with E-state index in [-0.39, 0.29) is 11.7 Å². The van der Waals surface area contributed by atoms with E-state index in [1.807, 2.05) is 29.6 Å². The van der Waals surface area contributed by atoms with Crippen LogP contribution >= 0.6 is 11.3 Å². The second-order valence-electron chi connectivity index (χ2n) is 4.56. The predicted molar refractivity (Wildman–Crippen MR) is 80.9 cm³/mol. The van der Waals surface area contributed by atoms with Gasteiger partial charge in [0, 0.05) is 21.2 Å². The fourth-order valence-corrected chi connectivity index (χ4v) is 3.05. The van der Waals surface area contributed by atoms with Gasteiger partial charge in [-0.1, -0.05) is 18.2 Å². The Morgan fingerprint density at radius 3 is 2.80 bits per heavy atom. The van der Waals surface area contributed by atoms with Crippen LogP contribution in [0.2, 0.25) is 0 Å². The van der Waals surface area contributed by atoms with Crippen LogP contribution in [0.25, 0.3) is 10.1 Å². The van der Waals surface area contributed by atoms with Crippen LogP contribution in [0.15, 0.2) is 47.8 Å². The first-order chi connectivity index (χ1) is 9.65. The van der Waals surface area contributed by atoms with Crippen LogP contribution in [-0.4, -0.2) is 5.91 Å². The second-order valence-corrected chi connectivity index (χ2v) is 5.47. The molecule has 0 aliphatic carbocycles. The lowest BCUT2D eigenvalue weighted by Gasteiger charge is -2.07. The van der Waals surface area contributed by atoms with E-state index in [4.69, 9.17) is 0 Å². The predicted octanol–water partition coefficient (Wildman–Crippen LogP) is 4.60. The number of nitrogens with one attached hydrogen (secondary N) is 1. The monoisotopic (exact) mass is 285 g/mol. The third-order valence-corrected chi connectivity index (χ3v) is 4.13. The summed E-state index contributed by atoms with van der Waals surface area (Å²) in [6, 6.07) is 12.1. The summed E-state index contributed by atoms with van der Waals surface area (Å²) >= 11 is 1.54. The molecule has 100 valence electrons. The fraction of sp³-hybridized carbons (Fsp3) is 0.0625. The lowest BCUT2D eigenvalue weighted by Crippen LogP contribution is -2.12. The quantitative estimate of drug-likeness (QED) is 0.732. The van der Waals surface area contributed by atoms with Crippen LogP contribution in [-0.2, 0) is 0 Å². The molecular weight excluding hydrogens is 273 g/mol. The van der Waals surface area contributed by atoms with Crippen molar-refractivity contribution < 1.29 is 9.18 Å². The van der Waals surface area contributed by atoms with Gasteiger partial charge >= 0.3 is 0 Å². The van der Waals surface area contributed by atoms with E-state index in [2.05, 4.69) is 5.32 Å². The molecule has 0 radical (unpaired) electrons. The molecule has 0 saturated heterocycles. The van der Waals surface area contributed by atoms with Gasteiger partial charge < -0.3 is 5.32 Å². The Balaban J connectivity index is 1.93. The summed E-state index contributed by atoms with van der Waals surface area (Å²) in [5, 5.41) is 5.62. The fourth-order valence-electron chi connectivity index (χ4n) is 2.11. The first-order valence-corrected chi connectivity index (χ1v) is 7.07. The number of halogens is 1. The normalized spacial score (nSPS) is 10.7. The third-order valence-electron chi connectivity index (χ3n) is 3.16. The maximum Gasteiger partial charge on any atom is 0.257 e. The minimum Gasteiger partial charge on any atom is -0.322 e. The SMILES string of the molecule is Cc1cc(F)ccc1NC(=O)c1csc2ccccc12. The Bertz CT molecular complexity index is 794. The average molecular weight is 285 g/mol. The molecule has 1 amide bonds. The van der Waals surface area contributed by atoms with Crippen molar-refractivity contribution in [3.8, 4) is 0 Å². The molecule has 4 heteroatoms. The summed E-state index contributed by atoms with van der Waals surface area (Å²) in [4.78, 5) is 12.3. The smallest absolute Gasteiger partial charge is 0.257 e. The number of hydrogen-bond acceptors (Lipinski definition) is 2. The van der Waals surface area contributed by atoms with Gasteiger partial charge in [-0.3, -0.25) is 4.79 Å². The van der Waals surface area contributed by atoms with E-state index in [1.165, 1.54) is 23.5 Å². The number of anilines is 1. The number of rotatable bonds is 2. The minimum atomic E-state index is -0.304. The summed E-state index contributed by atoms with van der Waals surface area (Å²) in [7, 11) is 0. The molecule has 1 aromatic heterocycles. The molecule has 3 aromatic rings. The number of carbonyl (C=O) groups excluding carboxylic acids is 1. The molecule has 2 nitrogen and oxygen atoms in total. The van der Waals surface area contributed by atoms with Gasteiger partial charge in [-0.05, 0) is 36.8 Å². The second kappa shape index (κ2) is 5.06. The number of aryl methyl sites for hydroxylation is 1. The molecule has 2 aromatic carbocycles. The van der Waals surface area contributed by atoms with Gasteiger partial charge in [-0.2, -0.15) is 0 Å². The number of amides is 1. The molecule has 20 heavy (non-hydrogen) atoms. The van der Waals surface area contributed by atoms with Crippen LogP contribution < -0.4 is 5.32 Å². The van der Waals surface area contributed by atoms with E-state index in [0.717, 1.165) is 10.1 Å². The molecular formula is C16H12FNOS. The van der Waals surface area contributed by atoms with Gasteiger partial charge in [-0.15, -0.1) is 11.3 Å². The lowest BCUT2D eigenvalue weighted by molar-refractivity contribution is 0.102. The lowest BCUT2D eigenvalue weighted by atomic mass is 10.1. The van der Waals surface area contributed by atoms with Crippen LogP contribution in [0.5, 0.6) is 0 Å². The summed E-state index contributed by atoms with van der Waals surface area (Å²) in [6.45, 7) is 1.77. The molecule has 1 heterocycles. The Kier molecular flexibility index (Phi) is 3.24. The van der Waals surface area contributed by atoms with E-state index in [9.17, 15) is 9.18 Å². The molecule has 0 spiro atoms. The summed E-state index contributed by atoms with van der Waals surface area (Å²) < 4.78 is 14.1. The zero-order chi connectivity index (χ0) is 14.1. The summed E-state index contributed by atoms with van der Waals surface area (Å²) in [5.74, 6) is -0.473. The average Bonchev–Trinajstić information content (AvgIpc) is 2.86. The number of carbonyl (C=O) groups is 1. The molecule has 0 saturated carbocycles. The molecule has 1 N–H and O–H groups in total. The Labute approximate surface area is 119 Å². The van der Waals surface area contributed by atoms with Crippen molar-refractivity contribution in [2.45, 2.75) is 6.92 Å². The van der Waals surface area contributed by atoms with Gasteiger partial charge in [0.1, 0.15) is 5.82 Å². The number of benzene rings is 2. The van der Waals surface area contributed by atoms with Gasteiger partial charge in [0.05, 0.1) is 5.56 Å². The highest BCUT2D eigenvalue weighted by atomic mass is 32.1. The summed E-state index contributed by atoms with van der Waals surface area (Å²) in [6.07, 6.45) is 0. The molecule has 3 rings (SSSR count). The van der Waals surface area contributed by atoms with Crippen molar-refractivity contribution in [3.05, 3.63) is 64.8 Å². The molecule has 0 atom stereocenters. The molecule has 0 fully saturated rings. The van der Waals surface area contributed by atoms with Crippen LogP contribution in [0.4, 0.5) is 10.1 Å². The first-order valence-electron chi connectivity index (χ1n) is 6.19. The van der Waals surface area contributed by atoms with Crippen molar-refractivity contribution in [2.24, 2.45) is 0 Å². The van der Waals surface area contributed by atoms with Crippen molar-refractivity contribution in [1.82, 2.24) is 0 Å². The molecule has 0 bridgehead atoms. The van der Waals surface area contributed by atoms with E-state index in [0.29, 0.717) is 16.8 Å². The largest absolute Gasteiger partial charge is 0.322 e. The van der Waals surface area contributed by atoms with Crippen molar-refractivity contribution in [1.29, 1.82) is 0 Å². The Morgan fingerprint density at radius 1 is 1.20 bits per heavy atom. The standard InChI is InChI=1S/C16H12FNOS/c1-10-8-11(17)6-7-14(10)18-16(19)13-9-20-15-5-3-2-4-12(13)15/h2-9H,1H3,(H,18,19). The van der Waals surface area contributed by atoms with Crippen molar-refractivity contribution in [3.63, 3.8) is 0 Å². The zero-order valence-electron chi connectivity index (χ0n) is 10.8. The molecule has 0 aliphatic heterocycles. The van der Waals surface area contributed by atoms with Gasteiger partial charge in [-0.25, -0.2) is 4.39 Å². The topological polar surface area (TPSA) is 29.1 Å². The zero-order valence-corrected chi connectivity index (χ0v) is 11.6. The maximum atomic E-state index is 13.1. The number of fused-ring (bicyclic) bond motifs is 1. The molecule has 0 unspecified atom stereocenters. The van der Waals surface area contributed by atoms with E-state index < -0.39 is 0 Å². The van der Waals surface area contributed by atoms with Crippen LogP contribution in [0, 0.1) is 12.7 Å². The maximum absolute atomic E-state index is 13.1. The number of hydrogen-bond donors (Lipinski definition) is 1. The highest BCUT2D eigenvalue weighted by Gasteiger charge is 2.13. The van der Waals surface area contributed by atoms with E-state index in [1.54, 1.807) is 13.0 Å².